The predicted molar refractivity (Wildman–Crippen MR) is 103 cm³/mol. The van der Waals surface area contributed by atoms with Crippen LogP contribution in [0.5, 0.6) is 5.75 Å². The van der Waals surface area contributed by atoms with Crippen LogP contribution in [0.1, 0.15) is 38.8 Å². The van der Waals surface area contributed by atoms with Gasteiger partial charge in [-0.15, -0.1) is 0 Å². The zero-order valence-corrected chi connectivity index (χ0v) is 18.0. The number of ether oxygens (including phenoxy) is 3. The fourth-order valence-corrected chi connectivity index (χ4v) is 2.66. The maximum Gasteiger partial charge on any atom is 0.408 e. The van der Waals surface area contributed by atoms with Crippen molar-refractivity contribution in [3.05, 3.63) is 28.2 Å². The number of benzene rings is 1. The summed E-state index contributed by atoms with van der Waals surface area (Å²) in [6, 6.07) is 3.21. The third-order valence-corrected chi connectivity index (χ3v) is 3.70. The Labute approximate surface area is 175 Å². The van der Waals surface area contributed by atoms with E-state index in [0.29, 0.717) is 10.0 Å². The number of carbonyl (C=O) groups is 3. The van der Waals surface area contributed by atoms with Crippen molar-refractivity contribution in [2.24, 2.45) is 0 Å². The Balaban J connectivity index is 2.91. The third-order valence-electron chi connectivity index (χ3n) is 3.25. The summed E-state index contributed by atoms with van der Waals surface area (Å²) in [5.74, 6) is -1.41. The highest BCUT2D eigenvalue weighted by Gasteiger charge is 2.22. The first-order chi connectivity index (χ1) is 13.4. The second-order valence-electron chi connectivity index (χ2n) is 6.85. The molecule has 0 unspecified atom stereocenters. The first kappa shape index (κ1) is 24.6. The van der Waals surface area contributed by atoms with Gasteiger partial charge in [0.15, 0.2) is 0 Å². The molecule has 0 radical (unpaired) electrons. The molecule has 29 heavy (non-hydrogen) atoms. The molecule has 1 aromatic carbocycles. The van der Waals surface area contributed by atoms with E-state index in [1.54, 1.807) is 20.8 Å². The second kappa shape index (κ2) is 10.9. The Morgan fingerprint density at radius 1 is 1.17 bits per heavy atom. The largest absolute Gasteiger partial charge is 0.469 e. The third kappa shape index (κ3) is 10.1. The molecule has 0 heterocycles. The zero-order valence-electron chi connectivity index (χ0n) is 16.4. The first-order valence-corrected chi connectivity index (χ1v) is 9.27. The van der Waals surface area contributed by atoms with E-state index >= 15 is 0 Å². The Hall–Kier alpha value is -2.43. The van der Waals surface area contributed by atoms with Crippen molar-refractivity contribution >= 4 is 33.9 Å². The highest BCUT2D eigenvalue weighted by Crippen LogP contribution is 2.28. The SMILES string of the molecule is COC(=O)C[C@H](NC(=O)CNC(=O)OC(C)(C)C)c1cc(Br)cc(OC(F)F)c1. The van der Waals surface area contributed by atoms with Gasteiger partial charge in [0.2, 0.25) is 5.91 Å². The molecular weight excluding hydrogens is 458 g/mol. The fraction of sp³-hybridized carbons (Fsp3) is 0.500. The maximum absolute atomic E-state index is 12.5. The van der Waals surface area contributed by atoms with Crippen LogP contribution >= 0.6 is 15.9 Å². The Bertz CT molecular complexity index is 740. The van der Waals surface area contributed by atoms with Crippen LogP contribution in [-0.2, 0) is 19.1 Å². The van der Waals surface area contributed by atoms with Gasteiger partial charge >= 0.3 is 18.7 Å². The number of amides is 2. The summed E-state index contributed by atoms with van der Waals surface area (Å²) in [6.45, 7) is 1.56. The van der Waals surface area contributed by atoms with Crippen LogP contribution in [0.3, 0.4) is 0 Å². The summed E-state index contributed by atoms with van der Waals surface area (Å²) in [4.78, 5) is 35.6. The van der Waals surface area contributed by atoms with E-state index < -0.39 is 42.8 Å². The zero-order chi connectivity index (χ0) is 22.2. The molecular formula is C18H23BrF2N2O6. The lowest BCUT2D eigenvalue weighted by Gasteiger charge is -2.21. The topological polar surface area (TPSA) is 103 Å². The molecule has 0 aliphatic rings. The number of nitrogens with one attached hydrogen (secondary N) is 2. The minimum absolute atomic E-state index is 0.152. The average Bonchev–Trinajstić information content (AvgIpc) is 2.56. The Morgan fingerprint density at radius 2 is 1.83 bits per heavy atom. The van der Waals surface area contributed by atoms with Gasteiger partial charge in [-0.05, 0) is 44.5 Å². The van der Waals surface area contributed by atoms with Crippen molar-refractivity contribution < 1.29 is 37.4 Å². The summed E-state index contributed by atoms with van der Waals surface area (Å²) in [7, 11) is 1.18. The molecule has 0 saturated heterocycles. The van der Waals surface area contributed by atoms with Gasteiger partial charge in [-0.1, -0.05) is 15.9 Å². The second-order valence-corrected chi connectivity index (χ2v) is 7.77. The minimum Gasteiger partial charge on any atom is -0.469 e. The number of esters is 1. The van der Waals surface area contributed by atoms with Crippen LogP contribution in [0.2, 0.25) is 0 Å². The lowest BCUT2D eigenvalue weighted by atomic mass is 10.0. The van der Waals surface area contributed by atoms with Crippen LogP contribution < -0.4 is 15.4 Å². The standard InChI is InChI=1S/C18H23BrF2N2O6/c1-18(2,3)29-17(26)22-9-14(24)23-13(8-15(25)27-4)10-5-11(19)7-12(6-10)28-16(20)21/h5-7,13,16H,8-9H2,1-4H3,(H,22,26)(H,23,24)/t13-/m0/s1. The number of alkyl carbamates (subject to hydrolysis) is 1. The van der Waals surface area contributed by atoms with Gasteiger partial charge in [-0.3, -0.25) is 9.59 Å². The molecule has 0 aromatic heterocycles. The molecule has 2 N–H and O–H groups in total. The molecule has 0 aliphatic carbocycles. The van der Waals surface area contributed by atoms with E-state index in [-0.39, 0.29) is 12.2 Å². The van der Waals surface area contributed by atoms with Gasteiger partial charge in [0.1, 0.15) is 17.9 Å². The number of hydrogen-bond donors (Lipinski definition) is 2. The van der Waals surface area contributed by atoms with Crippen molar-refractivity contribution in [3.63, 3.8) is 0 Å². The lowest BCUT2D eigenvalue weighted by Crippen LogP contribution is -2.41. The van der Waals surface area contributed by atoms with Crippen LogP contribution in [0.4, 0.5) is 13.6 Å². The molecule has 1 aromatic rings. The van der Waals surface area contributed by atoms with Crippen molar-refractivity contribution in [2.75, 3.05) is 13.7 Å². The number of hydrogen-bond acceptors (Lipinski definition) is 6. The molecule has 0 bridgehead atoms. The van der Waals surface area contributed by atoms with E-state index in [1.807, 2.05) is 0 Å². The monoisotopic (exact) mass is 480 g/mol. The summed E-state index contributed by atoms with van der Waals surface area (Å²) in [5.41, 5.74) is -0.406. The average molecular weight is 481 g/mol. The van der Waals surface area contributed by atoms with Crippen LogP contribution in [0.25, 0.3) is 0 Å². The summed E-state index contributed by atoms with van der Waals surface area (Å²) in [6.07, 6.45) is -1.05. The summed E-state index contributed by atoms with van der Waals surface area (Å²) < 4.78 is 39.5. The molecule has 2 amide bonds. The molecule has 0 saturated carbocycles. The number of methoxy groups -OCH3 is 1. The van der Waals surface area contributed by atoms with Crippen molar-refractivity contribution in [2.45, 2.75) is 45.4 Å². The van der Waals surface area contributed by atoms with Gasteiger partial charge < -0.3 is 24.8 Å². The number of halogens is 3. The molecule has 162 valence electrons. The molecule has 11 heteroatoms. The van der Waals surface area contributed by atoms with E-state index in [2.05, 4.69) is 36.0 Å². The van der Waals surface area contributed by atoms with Gasteiger partial charge in [0.25, 0.3) is 0 Å². The van der Waals surface area contributed by atoms with Gasteiger partial charge in [0.05, 0.1) is 19.6 Å². The molecule has 1 atom stereocenters. The van der Waals surface area contributed by atoms with Crippen LogP contribution in [0.15, 0.2) is 22.7 Å². The molecule has 0 aliphatic heterocycles. The van der Waals surface area contributed by atoms with Gasteiger partial charge in [-0.2, -0.15) is 8.78 Å². The molecule has 0 fully saturated rings. The Morgan fingerprint density at radius 3 is 2.38 bits per heavy atom. The van der Waals surface area contributed by atoms with Crippen molar-refractivity contribution in [3.8, 4) is 5.75 Å². The van der Waals surface area contributed by atoms with E-state index in [1.165, 1.54) is 25.3 Å². The van der Waals surface area contributed by atoms with E-state index in [9.17, 15) is 23.2 Å². The number of carbonyl (C=O) groups excluding carboxylic acids is 3. The molecule has 8 nitrogen and oxygen atoms in total. The summed E-state index contributed by atoms with van der Waals surface area (Å²) in [5, 5.41) is 4.84. The van der Waals surface area contributed by atoms with E-state index in [0.717, 1.165) is 0 Å². The number of rotatable bonds is 8. The lowest BCUT2D eigenvalue weighted by molar-refractivity contribution is -0.141. The number of alkyl halides is 2. The van der Waals surface area contributed by atoms with Crippen LogP contribution in [0, 0.1) is 0 Å². The summed E-state index contributed by atoms with van der Waals surface area (Å²) >= 11 is 3.17. The highest BCUT2D eigenvalue weighted by atomic mass is 79.9. The normalized spacial score (nSPS) is 12.1. The highest BCUT2D eigenvalue weighted by molar-refractivity contribution is 9.10. The fourth-order valence-electron chi connectivity index (χ4n) is 2.17. The van der Waals surface area contributed by atoms with Crippen LogP contribution in [-0.4, -0.2) is 43.8 Å². The quantitative estimate of drug-likeness (QED) is 0.553. The van der Waals surface area contributed by atoms with E-state index in [4.69, 9.17) is 4.74 Å². The minimum atomic E-state index is -3.04. The Kier molecular flexibility index (Phi) is 9.28. The van der Waals surface area contributed by atoms with Crippen molar-refractivity contribution in [1.82, 2.24) is 10.6 Å². The first-order valence-electron chi connectivity index (χ1n) is 8.48. The maximum atomic E-state index is 12.5. The predicted octanol–water partition coefficient (Wildman–Crippen LogP) is 3.30. The van der Waals surface area contributed by atoms with Crippen molar-refractivity contribution in [1.29, 1.82) is 0 Å². The smallest absolute Gasteiger partial charge is 0.408 e. The molecule has 0 spiro atoms. The van der Waals surface area contributed by atoms with Gasteiger partial charge in [-0.25, -0.2) is 4.79 Å². The van der Waals surface area contributed by atoms with Gasteiger partial charge in [0, 0.05) is 4.47 Å². The molecule has 1 rings (SSSR count).